The lowest BCUT2D eigenvalue weighted by Gasteiger charge is -2.35. The minimum atomic E-state index is -3.44. The van der Waals surface area contributed by atoms with Gasteiger partial charge in [-0.05, 0) is 49.1 Å². The summed E-state index contributed by atoms with van der Waals surface area (Å²) >= 11 is 0. The molecule has 2 aliphatic rings. The van der Waals surface area contributed by atoms with Crippen LogP contribution in [-0.4, -0.2) is 63.3 Å². The number of carbonyl (C=O) groups is 1. The zero-order valence-electron chi connectivity index (χ0n) is 17.3. The van der Waals surface area contributed by atoms with Gasteiger partial charge in [0.25, 0.3) is 5.91 Å². The van der Waals surface area contributed by atoms with Crippen molar-refractivity contribution in [1.29, 1.82) is 5.26 Å². The molecule has 0 N–H and O–H groups in total. The van der Waals surface area contributed by atoms with Crippen molar-refractivity contribution in [2.24, 2.45) is 5.92 Å². The predicted molar refractivity (Wildman–Crippen MR) is 115 cm³/mol. The standard InChI is InChI=1S/C22H24N4O4S/c1-31(28,29)18-5-6-20(30-15-16-2-3-16)19(12-18)22(27)26-10-8-25(9-11-26)21-7-4-17(13-23)14-24-21/h4-7,12,14,16H,2-3,8-11,15H2,1H3. The summed E-state index contributed by atoms with van der Waals surface area (Å²) in [4.78, 5) is 21.5. The summed E-state index contributed by atoms with van der Waals surface area (Å²) in [6, 6.07) is 10.1. The number of nitrogens with zero attached hydrogens (tertiary/aromatic N) is 4. The van der Waals surface area contributed by atoms with Gasteiger partial charge in [0.05, 0.1) is 22.6 Å². The molecule has 2 heterocycles. The van der Waals surface area contributed by atoms with Crippen molar-refractivity contribution in [3.8, 4) is 11.8 Å². The van der Waals surface area contributed by atoms with E-state index in [2.05, 4.69) is 16.0 Å². The molecule has 0 atom stereocenters. The molecule has 0 spiro atoms. The average Bonchev–Trinajstić information content (AvgIpc) is 3.61. The minimum Gasteiger partial charge on any atom is -0.492 e. The normalized spacial score (nSPS) is 16.6. The highest BCUT2D eigenvalue weighted by Crippen LogP contribution is 2.31. The van der Waals surface area contributed by atoms with E-state index < -0.39 is 9.84 Å². The van der Waals surface area contributed by atoms with E-state index in [1.54, 1.807) is 23.1 Å². The number of piperazine rings is 1. The third-order valence-electron chi connectivity index (χ3n) is 5.55. The van der Waals surface area contributed by atoms with E-state index in [9.17, 15) is 13.2 Å². The number of ether oxygens (including phenoxy) is 1. The van der Waals surface area contributed by atoms with Gasteiger partial charge in [-0.3, -0.25) is 4.79 Å². The zero-order chi connectivity index (χ0) is 22.0. The highest BCUT2D eigenvalue weighted by molar-refractivity contribution is 7.90. The lowest BCUT2D eigenvalue weighted by molar-refractivity contribution is 0.0741. The molecule has 0 radical (unpaired) electrons. The zero-order valence-corrected chi connectivity index (χ0v) is 18.1. The molecule has 2 fully saturated rings. The van der Waals surface area contributed by atoms with Crippen molar-refractivity contribution in [1.82, 2.24) is 9.88 Å². The molecule has 0 unspecified atom stereocenters. The minimum absolute atomic E-state index is 0.107. The fraction of sp³-hybridized carbons (Fsp3) is 0.409. The number of amides is 1. The Labute approximate surface area is 182 Å². The van der Waals surface area contributed by atoms with Crippen LogP contribution in [0.2, 0.25) is 0 Å². The van der Waals surface area contributed by atoms with Gasteiger partial charge in [0.15, 0.2) is 9.84 Å². The average molecular weight is 441 g/mol. The molecule has 1 aliphatic heterocycles. The highest BCUT2D eigenvalue weighted by atomic mass is 32.2. The fourth-order valence-corrected chi connectivity index (χ4v) is 4.12. The van der Waals surface area contributed by atoms with Gasteiger partial charge in [-0.15, -0.1) is 0 Å². The van der Waals surface area contributed by atoms with Crippen LogP contribution < -0.4 is 9.64 Å². The van der Waals surface area contributed by atoms with Crippen molar-refractivity contribution in [3.05, 3.63) is 47.7 Å². The van der Waals surface area contributed by atoms with Crippen LogP contribution in [-0.2, 0) is 9.84 Å². The predicted octanol–water partition coefficient (Wildman–Crippen LogP) is 2.11. The summed E-state index contributed by atoms with van der Waals surface area (Å²) in [6.45, 7) is 2.68. The second-order valence-electron chi connectivity index (χ2n) is 7.98. The Morgan fingerprint density at radius 3 is 2.52 bits per heavy atom. The number of carbonyl (C=O) groups excluding carboxylic acids is 1. The summed E-state index contributed by atoms with van der Waals surface area (Å²) < 4.78 is 29.9. The Bertz CT molecular complexity index is 1110. The van der Waals surface area contributed by atoms with Gasteiger partial charge in [0, 0.05) is 38.6 Å². The SMILES string of the molecule is CS(=O)(=O)c1ccc(OCC2CC2)c(C(=O)N2CCN(c3ccc(C#N)cn3)CC2)c1. The van der Waals surface area contributed by atoms with Crippen LogP contribution in [0.15, 0.2) is 41.4 Å². The number of aromatic nitrogens is 1. The molecule has 1 aliphatic carbocycles. The first-order valence-electron chi connectivity index (χ1n) is 10.2. The third-order valence-corrected chi connectivity index (χ3v) is 6.66. The number of hydrogen-bond acceptors (Lipinski definition) is 7. The van der Waals surface area contributed by atoms with E-state index in [1.807, 2.05) is 0 Å². The molecule has 4 rings (SSSR count). The number of anilines is 1. The van der Waals surface area contributed by atoms with Gasteiger partial charge < -0.3 is 14.5 Å². The smallest absolute Gasteiger partial charge is 0.257 e. The largest absolute Gasteiger partial charge is 0.492 e. The Kier molecular flexibility index (Phi) is 5.83. The molecule has 9 heteroatoms. The van der Waals surface area contributed by atoms with Crippen molar-refractivity contribution >= 4 is 21.6 Å². The van der Waals surface area contributed by atoms with Gasteiger partial charge in [-0.1, -0.05) is 0 Å². The lowest BCUT2D eigenvalue weighted by Crippen LogP contribution is -2.49. The van der Waals surface area contributed by atoms with Crippen molar-refractivity contribution in [2.75, 3.05) is 43.9 Å². The van der Waals surface area contributed by atoms with E-state index in [-0.39, 0.29) is 16.4 Å². The molecule has 1 aromatic carbocycles. The van der Waals surface area contributed by atoms with Crippen LogP contribution in [0.3, 0.4) is 0 Å². The molecular formula is C22H24N4O4S. The van der Waals surface area contributed by atoms with Crippen LogP contribution in [0, 0.1) is 17.2 Å². The van der Waals surface area contributed by atoms with E-state index in [1.165, 1.54) is 18.3 Å². The van der Waals surface area contributed by atoms with Crippen LogP contribution >= 0.6 is 0 Å². The quantitative estimate of drug-likeness (QED) is 0.678. The number of nitriles is 1. The van der Waals surface area contributed by atoms with Crippen molar-refractivity contribution < 1.29 is 17.9 Å². The molecular weight excluding hydrogens is 416 g/mol. The maximum Gasteiger partial charge on any atom is 0.257 e. The van der Waals surface area contributed by atoms with Gasteiger partial charge >= 0.3 is 0 Å². The number of pyridine rings is 1. The first-order valence-corrected chi connectivity index (χ1v) is 12.1. The lowest BCUT2D eigenvalue weighted by atomic mass is 10.1. The van der Waals surface area contributed by atoms with E-state index in [0.717, 1.165) is 24.9 Å². The summed E-state index contributed by atoms with van der Waals surface area (Å²) in [7, 11) is -3.44. The van der Waals surface area contributed by atoms with Gasteiger partial charge in [0.2, 0.25) is 0 Å². The molecule has 8 nitrogen and oxygen atoms in total. The molecule has 1 aromatic heterocycles. The first-order chi connectivity index (χ1) is 14.8. The monoisotopic (exact) mass is 440 g/mol. The number of benzene rings is 1. The molecule has 1 saturated carbocycles. The molecule has 1 saturated heterocycles. The van der Waals surface area contributed by atoms with E-state index in [0.29, 0.717) is 50.0 Å². The number of hydrogen-bond donors (Lipinski definition) is 0. The van der Waals surface area contributed by atoms with Crippen LogP contribution in [0.4, 0.5) is 5.82 Å². The maximum atomic E-state index is 13.3. The second-order valence-corrected chi connectivity index (χ2v) is 10.00. The van der Waals surface area contributed by atoms with Crippen molar-refractivity contribution in [2.45, 2.75) is 17.7 Å². The third kappa shape index (κ3) is 4.97. The van der Waals surface area contributed by atoms with E-state index >= 15 is 0 Å². The Morgan fingerprint density at radius 2 is 1.94 bits per heavy atom. The number of rotatable bonds is 6. The van der Waals surface area contributed by atoms with E-state index in [4.69, 9.17) is 10.00 Å². The summed E-state index contributed by atoms with van der Waals surface area (Å²) in [5.41, 5.74) is 0.788. The Hall–Kier alpha value is -3.12. The van der Waals surface area contributed by atoms with Crippen molar-refractivity contribution in [3.63, 3.8) is 0 Å². The molecule has 2 aromatic rings. The number of sulfone groups is 1. The summed E-state index contributed by atoms with van der Waals surface area (Å²) in [6.07, 6.45) is 4.91. The van der Waals surface area contributed by atoms with Gasteiger partial charge in [-0.2, -0.15) is 5.26 Å². The van der Waals surface area contributed by atoms with Crippen LogP contribution in [0.1, 0.15) is 28.8 Å². The fourth-order valence-electron chi connectivity index (χ4n) is 3.47. The Balaban J connectivity index is 1.49. The first kappa shape index (κ1) is 21.1. The maximum absolute atomic E-state index is 13.3. The topological polar surface area (TPSA) is 104 Å². The molecule has 1 amide bonds. The molecule has 162 valence electrons. The van der Waals surface area contributed by atoms with Crippen LogP contribution in [0.25, 0.3) is 0 Å². The summed E-state index contributed by atoms with van der Waals surface area (Å²) in [5.74, 6) is 1.48. The second kappa shape index (κ2) is 8.55. The molecule has 31 heavy (non-hydrogen) atoms. The summed E-state index contributed by atoms with van der Waals surface area (Å²) in [5, 5.41) is 8.91. The molecule has 0 bridgehead atoms. The van der Waals surface area contributed by atoms with Crippen LogP contribution in [0.5, 0.6) is 5.75 Å². The van der Waals surface area contributed by atoms with Gasteiger partial charge in [0.1, 0.15) is 17.6 Å². The Morgan fingerprint density at radius 1 is 1.19 bits per heavy atom. The highest BCUT2D eigenvalue weighted by Gasteiger charge is 2.28. The van der Waals surface area contributed by atoms with Gasteiger partial charge in [-0.25, -0.2) is 13.4 Å².